The summed E-state index contributed by atoms with van der Waals surface area (Å²) in [5.41, 5.74) is 0.129. The van der Waals surface area contributed by atoms with E-state index < -0.39 is 0 Å². The summed E-state index contributed by atoms with van der Waals surface area (Å²) >= 11 is 0. The first-order chi connectivity index (χ1) is 9.29. The van der Waals surface area contributed by atoms with E-state index in [4.69, 9.17) is 15.1 Å². The first kappa shape index (κ1) is 15.5. The van der Waals surface area contributed by atoms with Crippen LogP contribution in [-0.4, -0.2) is 55.4 Å². The molecule has 0 aromatic carbocycles. The number of hydrogen-bond acceptors (Lipinski definition) is 5. The highest BCUT2D eigenvalue weighted by atomic mass is 16.5. The van der Waals surface area contributed by atoms with Gasteiger partial charge in [-0.15, -0.1) is 0 Å². The van der Waals surface area contributed by atoms with Gasteiger partial charge in [-0.2, -0.15) is 5.26 Å². The van der Waals surface area contributed by atoms with Crippen LogP contribution in [0.3, 0.4) is 0 Å². The number of amides is 1. The molecule has 0 aromatic heterocycles. The van der Waals surface area contributed by atoms with E-state index in [0.717, 1.165) is 19.3 Å². The van der Waals surface area contributed by atoms with Crippen LogP contribution in [0.2, 0.25) is 0 Å². The smallest absolute Gasteiger partial charge is 0.266 e. The van der Waals surface area contributed by atoms with E-state index in [-0.39, 0.29) is 18.1 Å². The fraction of sp³-hybridized carbons (Fsp3) is 0.692. The molecule has 19 heavy (non-hydrogen) atoms. The average molecular weight is 267 g/mol. The standard InChI is InChI=1S/C13H21N3O3/c14-10-12(11-15-4-2-1-3-7-17)13(18)16-5-8-19-9-6-16/h11,15,17H,1-9H2/b12-11-. The van der Waals surface area contributed by atoms with Gasteiger partial charge in [0.25, 0.3) is 5.91 Å². The van der Waals surface area contributed by atoms with Crippen molar-refractivity contribution in [2.24, 2.45) is 0 Å². The molecule has 0 unspecified atom stereocenters. The van der Waals surface area contributed by atoms with Gasteiger partial charge in [0.1, 0.15) is 11.6 Å². The summed E-state index contributed by atoms with van der Waals surface area (Å²) in [4.78, 5) is 13.6. The Bertz CT molecular complexity index is 344. The van der Waals surface area contributed by atoms with Gasteiger partial charge in [0.05, 0.1) is 13.2 Å². The third-order valence-electron chi connectivity index (χ3n) is 2.87. The molecule has 0 bridgehead atoms. The molecule has 1 rings (SSSR count). The number of rotatable bonds is 7. The van der Waals surface area contributed by atoms with Gasteiger partial charge in [-0.25, -0.2) is 0 Å². The molecule has 0 atom stereocenters. The Hall–Kier alpha value is -1.58. The maximum absolute atomic E-state index is 12.0. The highest BCUT2D eigenvalue weighted by Gasteiger charge is 2.20. The third-order valence-corrected chi connectivity index (χ3v) is 2.87. The number of nitriles is 1. The van der Waals surface area contributed by atoms with Crippen molar-refractivity contribution in [3.05, 3.63) is 11.8 Å². The molecule has 6 heteroatoms. The Morgan fingerprint density at radius 3 is 2.74 bits per heavy atom. The van der Waals surface area contributed by atoms with E-state index in [2.05, 4.69) is 5.32 Å². The van der Waals surface area contributed by atoms with Crippen molar-refractivity contribution in [2.45, 2.75) is 19.3 Å². The Labute approximate surface area is 113 Å². The fourth-order valence-electron chi connectivity index (χ4n) is 1.77. The van der Waals surface area contributed by atoms with E-state index in [1.165, 1.54) is 6.20 Å². The van der Waals surface area contributed by atoms with Crippen LogP contribution in [0.5, 0.6) is 0 Å². The SMILES string of the molecule is N#C/C(=C/NCCCCCO)C(=O)N1CCOCC1. The molecule has 1 aliphatic rings. The number of carbonyl (C=O) groups is 1. The second-order valence-electron chi connectivity index (χ2n) is 4.31. The Morgan fingerprint density at radius 2 is 2.11 bits per heavy atom. The molecule has 0 spiro atoms. The van der Waals surface area contributed by atoms with Gasteiger partial charge in [0.15, 0.2) is 0 Å². The summed E-state index contributed by atoms with van der Waals surface area (Å²) in [5, 5.41) is 20.6. The van der Waals surface area contributed by atoms with E-state index >= 15 is 0 Å². The third kappa shape index (κ3) is 5.73. The molecule has 2 N–H and O–H groups in total. The number of aliphatic hydroxyl groups excluding tert-OH is 1. The molecule has 0 aromatic rings. The summed E-state index contributed by atoms with van der Waals surface area (Å²) < 4.78 is 5.17. The first-order valence-electron chi connectivity index (χ1n) is 6.61. The van der Waals surface area contributed by atoms with Gasteiger partial charge in [-0.1, -0.05) is 0 Å². The Kier molecular flexibility index (Phi) is 7.63. The van der Waals surface area contributed by atoms with Gasteiger partial charge in [-0.3, -0.25) is 4.79 Å². The quantitative estimate of drug-likeness (QED) is 0.385. The van der Waals surface area contributed by atoms with Crippen molar-refractivity contribution in [1.29, 1.82) is 5.26 Å². The minimum absolute atomic E-state index is 0.129. The lowest BCUT2D eigenvalue weighted by molar-refractivity contribution is -0.130. The number of ether oxygens (including phenoxy) is 1. The average Bonchev–Trinajstić information content (AvgIpc) is 2.47. The van der Waals surface area contributed by atoms with Crippen LogP contribution < -0.4 is 5.32 Å². The maximum Gasteiger partial charge on any atom is 0.266 e. The van der Waals surface area contributed by atoms with Crippen molar-refractivity contribution in [2.75, 3.05) is 39.5 Å². The number of unbranched alkanes of at least 4 members (excludes halogenated alkanes) is 2. The zero-order valence-electron chi connectivity index (χ0n) is 11.1. The predicted molar refractivity (Wildman–Crippen MR) is 70.0 cm³/mol. The summed E-state index contributed by atoms with van der Waals surface area (Å²) in [6.07, 6.45) is 4.10. The monoisotopic (exact) mass is 267 g/mol. The summed E-state index contributed by atoms with van der Waals surface area (Å²) in [5.74, 6) is -0.242. The lowest BCUT2D eigenvalue weighted by Crippen LogP contribution is -2.41. The van der Waals surface area contributed by atoms with Crippen molar-refractivity contribution in [3.8, 4) is 6.07 Å². The molecule has 1 aliphatic heterocycles. The van der Waals surface area contributed by atoms with Crippen molar-refractivity contribution in [3.63, 3.8) is 0 Å². The van der Waals surface area contributed by atoms with Gasteiger partial charge in [0.2, 0.25) is 0 Å². The molecule has 0 aliphatic carbocycles. The molecular weight excluding hydrogens is 246 g/mol. The molecule has 1 heterocycles. The zero-order chi connectivity index (χ0) is 13.9. The van der Waals surface area contributed by atoms with Gasteiger partial charge in [-0.05, 0) is 19.3 Å². The topological polar surface area (TPSA) is 85.6 Å². The second-order valence-corrected chi connectivity index (χ2v) is 4.31. The van der Waals surface area contributed by atoms with Gasteiger partial charge >= 0.3 is 0 Å². The van der Waals surface area contributed by atoms with Crippen LogP contribution in [0.15, 0.2) is 11.8 Å². The van der Waals surface area contributed by atoms with Crippen molar-refractivity contribution < 1.29 is 14.6 Å². The number of carbonyl (C=O) groups excluding carboxylic acids is 1. The zero-order valence-corrected chi connectivity index (χ0v) is 11.1. The second kappa shape index (κ2) is 9.36. The number of aliphatic hydroxyl groups is 1. The lowest BCUT2D eigenvalue weighted by atomic mass is 10.2. The van der Waals surface area contributed by atoms with Crippen LogP contribution in [-0.2, 0) is 9.53 Å². The molecule has 106 valence electrons. The molecule has 0 saturated carbocycles. The van der Waals surface area contributed by atoms with Crippen LogP contribution in [0.25, 0.3) is 0 Å². The fourth-order valence-corrected chi connectivity index (χ4v) is 1.77. The van der Waals surface area contributed by atoms with E-state index in [0.29, 0.717) is 32.8 Å². The minimum atomic E-state index is -0.242. The van der Waals surface area contributed by atoms with Crippen molar-refractivity contribution >= 4 is 5.91 Å². The number of morpholine rings is 1. The summed E-state index contributed by atoms with van der Waals surface area (Å²) in [6.45, 7) is 3.02. The minimum Gasteiger partial charge on any atom is -0.396 e. The van der Waals surface area contributed by atoms with Crippen LogP contribution in [0.1, 0.15) is 19.3 Å². The first-order valence-corrected chi connectivity index (χ1v) is 6.61. The molecule has 6 nitrogen and oxygen atoms in total. The van der Waals surface area contributed by atoms with E-state index in [9.17, 15) is 4.79 Å². The van der Waals surface area contributed by atoms with Crippen LogP contribution >= 0.6 is 0 Å². The van der Waals surface area contributed by atoms with Crippen LogP contribution in [0, 0.1) is 11.3 Å². The highest BCUT2D eigenvalue weighted by molar-refractivity contribution is 5.97. The molecule has 1 amide bonds. The predicted octanol–water partition coefficient (Wildman–Crippen LogP) is 0.00488. The number of nitrogens with one attached hydrogen (secondary N) is 1. The molecule has 0 radical (unpaired) electrons. The number of nitrogens with zero attached hydrogens (tertiary/aromatic N) is 2. The largest absolute Gasteiger partial charge is 0.396 e. The highest BCUT2D eigenvalue weighted by Crippen LogP contribution is 2.04. The lowest BCUT2D eigenvalue weighted by Gasteiger charge is -2.26. The number of hydrogen-bond donors (Lipinski definition) is 2. The Balaban J connectivity index is 2.34. The normalized spacial score (nSPS) is 16.0. The van der Waals surface area contributed by atoms with Crippen molar-refractivity contribution in [1.82, 2.24) is 10.2 Å². The molecular formula is C13H21N3O3. The maximum atomic E-state index is 12.0. The van der Waals surface area contributed by atoms with Crippen LogP contribution in [0.4, 0.5) is 0 Å². The van der Waals surface area contributed by atoms with E-state index in [1.54, 1.807) is 4.90 Å². The molecule has 1 fully saturated rings. The Morgan fingerprint density at radius 1 is 1.37 bits per heavy atom. The summed E-state index contributed by atoms with van der Waals surface area (Å²) in [6, 6.07) is 1.93. The molecule has 1 saturated heterocycles. The van der Waals surface area contributed by atoms with E-state index in [1.807, 2.05) is 6.07 Å². The van der Waals surface area contributed by atoms with Gasteiger partial charge in [0, 0.05) is 32.4 Å². The van der Waals surface area contributed by atoms with Gasteiger partial charge < -0.3 is 20.1 Å². The summed E-state index contributed by atoms with van der Waals surface area (Å²) in [7, 11) is 0.